The van der Waals surface area contributed by atoms with Gasteiger partial charge in [0.2, 0.25) is 0 Å². The summed E-state index contributed by atoms with van der Waals surface area (Å²) in [4.78, 5) is 16.0. The average molecular weight is 425 g/mol. The van der Waals surface area contributed by atoms with Crippen molar-refractivity contribution in [3.8, 4) is 34.0 Å². The van der Waals surface area contributed by atoms with E-state index in [1.165, 1.54) is 22.7 Å². The Morgan fingerprint density at radius 1 is 0.844 bits per heavy atom. The molecule has 0 fully saturated rings. The minimum atomic E-state index is -1.16. The first-order chi connectivity index (χ1) is 15.6. The predicted molar refractivity (Wildman–Crippen MR) is 117 cm³/mol. The summed E-state index contributed by atoms with van der Waals surface area (Å²) >= 11 is 0. The second-order valence-electron chi connectivity index (χ2n) is 7.08. The Kier molecular flexibility index (Phi) is 4.84. The molecule has 0 atom stereocenters. The average Bonchev–Trinajstić information content (AvgIpc) is 3.24. The Labute approximate surface area is 182 Å². The first-order valence-corrected chi connectivity index (χ1v) is 9.80. The lowest BCUT2D eigenvalue weighted by atomic mass is 10.1. The highest BCUT2D eigenvalue weighted by atomic mass is 19.1. The van der Waals surface area contributed by atoms with Gasteiger partial charge in [-0.1, -0.05) is 30.3 Å². The van der Waals surface area contributed by atoms with Crippen LogP contribution in [0.5, 0.6) is 11.5 Å². The summed E-state index contributed by atoms with van der Waals surface area (Å²) in [6.45, 7) is 0. The van der Waals surface area contributed by atoms with Gasteiger partial charge in [0, 0.05) is 17.2 Å². The first-order valence-electron chi connectivity index (χ1n) is 9.80. The molecule has 2 aromatic heterocycles. The molecule has 32 heavy (non-hydrogen) atoms. The fraction of sp³-hybridized carbons (Fsp3) is 0. The molecule has 0 bridgehead atoms. The number of para-hydroxylation sites is 1. The molecule has 0 saturated carbocycles. The first kappa shape index (κ1) is 19.4. The normalized spacial score (nSPS) is 10.9. The molecule has 2 heterocycles. The minimum Gasteiger partial charge on any atom is -0.476 e. The number of aromatic carboxylic acids is 1. The van der Waals surface area contributed by atoms with Crippen molar-refractivity contribution < 1.29 is 19.0 Å². The molecule has 0 amide bonds. The predicted octanol–water partition coefficient (Wildman–Crippen LogP) is 5.69. The molecule has 1 N–H and O–H groups in total. The van der Waals surface area contributed by atoms with Gasteiger partial charge in [-0.05, 0) is 54.6 Å². The van der Waals surface area contributed by atoms with Crippen molar-refractivity contribution in [3.05, 3.63) is 103 Å². The van der Waals surface area contributed by atoms with Gasteiger partial charge in [-0.3, -0.25) is 0 Å². The topological polar surface area (TPSA) is 76.7 Å². The molecule has 0 saturated heterocycles. The molecule has 0 spiro atoms. The van der Waals surface area contributed by atoms with E-state index < -0.39 is 11.8 Å². The van der Waals surface area contributed by atoms with Crippen molar-refractivity contribution in [2.24, 2.45) is 0 Å². The van der Waals surface area contributed by atoms with Crippen LogP contribution < -0.4 is 4.74 Å². The van der Waals surface area contributed by atoms with E-state index in [1.807, 2.05) is 54.6 Å². The Hall–Kier alpha value is -4.52. The van der Waals surface area contributed by atoms with Crippen molar-refractivity contribution in [1.82, 2.24) is 14.6 Å². The number of fused-ring (bicyclic) bond motifs is 1. The summed E-state index contributed by atoms with van der Waals surface area (Å²) in [5, 5.41) is 13.5. The third kappa shape index (κ3) is 3.79. The van der Waals surface area contributed by atoms with Crippen molar-refractivity contribution >= 4 is 11.6 Å². The van der Waals surface area contributed by atoms with Crippen LogP contribution in [-0.2, 0) is 0 Å². The number of nitrogens with zero attached hydrogens (tertiary/aromatic N) is 3. The highest BCUT2D eigenvalue weighted by Gasteiger charge is 2.16. The lowest BCUT2D eigenvalue weighted by molar-refractivity contribution is 0.0690. The zero-order valence-corrected chi connectivity index (χ0v) is 16.6. The number of rotatable bonds is 5. The number of hydrogen-bond acceptors (Lipinski definition) is 4. The van der Waals surface area contributed by atoms with E-state index in [0.29, 0.717) is 28.3 Å². The molecule has 3 aromatic carbocycles. The smallest absolute Gasteiger partial charge is 0.356 e. The Bertz CT molecular complexity index is 1430. The lowest BCUT2D eigenvalue weighted by Gasteiger charge is -2.10. The number of halogens is 1. The molecule has 0 aliphatic heterocycles. The summed E-state index contributed by atoms with van der Waals surface area (Å²) in [5.41, 5.74) is 2.69. The molecule has 0 aliphatic carbocycles. The van der Waals surface area contributed by atoms with Gasteiger partial charge >= 0.3 is 5.97 Å². The van der Waals surface area contributed by atoms with Crippen LogP contribution in [0.25, 0.3) is 28.2 Å². The van der Waals surface area contributed by atoms with E-state index in [-0.39, 0.29) is 5.69 Å². The van der Waals surface area contributed by atoms with E-state index in [4.69, 9.17) is 4.74 Å². The van der Waals surface area contributed by atoms with Gasteiger partial charge in [-0.2, -0.15) is 5.10 Å². The quantitative estimate of drug-likeness (QED) is 0.391. The van der Waals surface area contributed by atoms with Crippen LogP contribution in [-0.4, -0.2) is 25.7 Å². The second-order valence-corrected chi connectivity index (χ2v) is 7.08. The SMILES string of the molecule is O=C(O)c1cc2nc(-c3ccc(Oc4ccccc4)cc3)cc(-c3cccc(F)c3)n2n1. The summed E-state index contributed by atoms with van der Waals surface area (Å²) in [7, 11) is 0. The van der Waals surface area contributed by atoms with E-state index in [2.05, 4.69) is 10.1 Å². The largest absolute Gasteiger partial charge is 0.476 e. The third-order valence-electron chi connectivity index (χ3n) is 4.90. The zero-order valence-electron chi connectivity index (χ0n) is 16.6. The Balaban J connectivity index is 1.58. The van der Waals surface area contributed by atoms with Crippen LogP contribution in [0.15, 0.2) is 91.0 Å². The molecular weight excluding hydrogens is 409 g/mol. The molecular formula is C25H16FN3O3. The van der Waals surface area contributed by atoms with E-state index in [1.54, 1.807) is 18.2 Å². The standard InChI is InChI=1S/C25H16FN3O3/c26-18-6-4-5-17(13-18)23-14-21(27-24-15-22(25(30)31)28-29(23)24)16-9-11-20(12-10-16)32-19-7-2-1-3-8-19/h1-15H,(H,30,31). The van der Waals surface area contributed by atoms with Crippen LogP contribution in [0.3, 0.4) is 0 Å². The number of carboxylic acid groups (broad SMARTS) is 1. The van der Waals surface area contributed by atoms with Crippen LogP contribution in [0.2, 0.25) is 0 Å². The number of carboxylic acids is 1. The minimum absolute atomic E-state index is 0.140. The van der Waals surface area contributed by atoms with Gasteiger partial charge in [0.15, 0.2) is 11.3 Å². The van der Waals surface area contributed by atoms with Gasteiger partial charge < -0.3 is 9.84 Å². The third-order valence-corrected chi connectivity index (χ3v) is 4.90. The molecule has 5 rings (SSSR count). The molecule has 0 radical (unpaired) electrons. The Morgan fingerprint density at radius 2 is 1.59 bits per heavy atom. The molecule has 6 nitrogen and oxygen atoms in total. The van der Waals surface area contributed by atoms with Crippen LogP contribution in [0.4, 0.5) is 4.39 Å². The van der Waals surface area contributed by atoms with Crippen molar-refractivity contribution in [1.29, 1.82) is 0 Å². The molecule has 0 aliphatic rings. The number of benzene rings is 3. The van der Waals surface area contributed by atoms with E-state index >= 15 is 0 Å². The maximum atomic E-state index is 13.9. The fourth-order valence-corrected chi connectivity index (χ4v) is 3.40. The molecule has 156 valence electrons. The fourth-order valence-electron chi connectivity index (χ4n) is 3.40. The zero-order chi connectivity index (χ0) is 22.1. The van der Waals surface area contributed by atoms with Crippen molar-refractivity contribution in [2.45, 2.75) is 0 Å². The van der Waals surface area contributed by atoms with E-state index in [9.17, 15) is 14.3 Å². The molecule has 7 heteroatoms. The van der Waals surface area contributed by atoms with Gasteiger partial charge in [0.25, 0.3) is 0 Å². The number of carbonyl (C=O) groups is 1. The summed E-state index contributed by atoms with van der Waals surface area (Å²) in [6, 6.07) is 26.0. The van der Waals surface area contributed by atoms with Crippen molar-refractivity contribution in [2.75, 3.05) is 0 Å². The summed E-state index contributed by atoms with van der Waals surface area (Å²) < 4.78 is 21.1. The number of ether oxygens (including phenoxy) is 1. The van der Waals surface area contributed by atoms with Crippen LogP contribution in [0.1, 0.15) is 10.5 Å². The monoisotopic (exact) mass is 425 g/mol. The lowest BCUT2D eigenvalue weighted by Crippen LogP contribution is -2.01. The maximum absolute atomic E-state index is 13.9. The van der Waals surface area contributed by atoms with Gasteiger partial charge in [-0.25, -0.2) is 18.7 Å². The summed E-state index contributed by atoms with van der Waals surface area (Å²) in [5.74, 6) is -0.163. The van der Waals surface area contributed by atoms with Gasteiger partial charge in [0.1, 0.15) is 17.3 Å². The van der Waals surface area contributed by atoms with Crippen LogP contribution >= 0.6 is 0 Å². The highest BCUT2D eigenvalue weighted by Crippen LogP contribution is 2.29. The van der Waals surface area contributed by atoms with Gasteiger partial charge in [-0.15, -0.1) is 0 Å². The highest BCUT2D eigenvalue weighted by molar-refractivity contribution is 5.87. The van der Waals surface area contributed by atoms with E-state index in [0.717, 1.165) is 11.3 Å². The van der Waals surface area contributed by atoms with Crippen molar-refractivity contribution in [3.63, 3.8) is 0 Å². The summed E-state index contributed by atoms with van der Waals surface area (Å²) in [6.07, 6.45) is 0. The Morgan fingerprint density at radius 3 is 2.31 bits per heavy atom. The molecule has 0 unspecified atom stereocenters. The molecule has 5 aromatic rings. The number of hydrogen-bond donors (Lipinski definition) is 1. The van der Waals surface area contributed by atoms with Gasteiger partial charge in [0.05, 0.1) is 11.4 Å². The van der Waals surface area contributed by atoms with Crippen LogP contribution in [0, 0.1) is 5.82 Å². The second kappa shape index (κ2) is 7.96. The number of aromatic nitrogens is 3. The maximum Gasteiger partial charge on any atom is 0.356 e.